The van der Waals surface area contributed by atoms with Gasteiger partial charge in [0.2, 0.25) is 6.29 Å². The van der Waals surface area contributed by atoms with Gasteiger partial charge in [-0.05, 0) is 20.3 Å². The third-order valence-electron chi connectivity index (χ3n) is 2.14. The predicted octanol–water partition coefficient (Wildman–Crippen LogP) is 1.60. The van der Waals surface area contributed by atoms with Crippen molar-refractivity contribution in [2.24, 2.45) is 0 Å². The van der Waals surface area contributed by atoms with Crippen LogP contribution >= 0.6 is 0 Å². The highest BCUT2D eigenvalue weighted by Gasteiger charge is 2.21. The fourth-order valence-electron chi connectivity index (χ4n) is 1.31. The van der Waals surface area contributed by atoms with E-state index >= 15 is 0 Å². The Hall–Kier alpha value is -0.770. The van der Waals surface area contributed by atoms with Crippen LogP contribution in [-0.2, 0) is 9.47 Å². The van der Waals surface area contributed by atoms with Crippen LogP contribution in [0.25, 0.3) is 0 Å². The van der Waals surface area contributed by atoms with Crippen LogP contribution in [0.1, 0.15) is 26.7 Å². The molecule has 0 aromatic rings. The van der Waals surface area contributed by atoms with E-state index in [4.69, 9.17) is 9.47 Å². The zero-order valence-electron chi connectivity index (χ0n) is 8.28. The molecule has 1 amide bonds. The molecular weight excluding hydrogens is 170 g/mol. The average molecular weight is 187 g/mol. The topological polar surface area (TPSA) is 38.8 Å². The molecule has 1 aliphatic rings. The molecule has 76 valence electrons. The summed E-state index contributed by atoms with van der Waals surface area (Å²) < 4.78 is 10.3. The lowest BCUT2D eigenvalue weighted by Crippen LogP contribution is -2.33. The highest BCUT2D eigenvalue weighted by atomic mass is 16.7. The summed E-state index contributed by atoms with van der Waals surface area (Å²) in [5, 5.41) is 0. The SMILES string of the molecule is CCN(CC)C(=O)OC1CCCO1. The second-order valence-electron chi connectivity index (χ2n) is 3.00. The number of hydrogen-bond donors (Lipinski definition) is 0. The summed E-state index contributed by atoms with van der Waals surface area (Å²) >= 11 is 0. The van der Waals surface area contributed by atoms with Crippen LogP contribution in [0, 0.1) is 0 Å². The van der Waals surface area contributed by atoms with E-state index in [0.29, 0.717) is 19.7 Å². The molecule has 4 nitrogen and oxygen atoms in total. The lowest BCUT2D eigenvalue weighted by Gasteiger charge is -2.20. The van der Waals surface area contributed by atoms with E-state index < -0.39 is 0 Å². The Balaban J connectivity index is 2.29. The summed E-state index contributed by atoms with van der Waals surface area (Å²) in [7, 11) is 0. The second kappa shape index (κ2) is 5.07. The van der Waals surface area contributed by atoms with Gasteiger partial charge in [0.25, 0.3) is 0 Å². The third-order valence-corrected chi connectivity index (χ3v) is 2.14. The first-order valence-corrected chi connectivity index (χ1v) is 4.85. The molecule has 1 saturated heterocycles. The Labute approximate surface area is 78.8 Å². The fraction of sp³-hybridized carbons (Fsp3) is 0.889. The van der Waals surface area contributed by atoms with E-state index in [0.717, 1.165) is 12.8 Å². The second-order valence-corrected chi connectivity index (χ2v) is 3.00. The van der Waals surface area contributed by atoms with Gasteiger partial charge in [-0.2, -0.15) is 0 Å². The number of ether oxygens (including phenoxy) is 2. The third kappa shape index (κ3) is 2.88. The molecule has 0 saturated carbocycles. The number of nitrogens with zero attached hydrogens (tertiary/aromatic N) is 1. The minimum atomic E-state index is -0.312. The van der Waals surface area contributed by atoms with Gasteiger partial charge in [0.15, 0.2) is 0 Å². The summed E-state index contributed by atoms with van der Waals surface area (Å²) in [4.78, 5) is 13.0. The van der Waals surface area contributed by atoms with E-state index in [1.165, 1.54) is 0 Å². The maximum atomic E-state index is 11.4. The largest absolute Gasteiger partial charge is 0.419 e. The minimum Gasteiger partial charge on any atom is -0.419 e. The average Bonchev–Trinajstić information content (AvgIpc) is 2.59. The van der Waals surface area contributed by atoms with Gasteiger partial charge in [-0.3, -0.25) is 0 Å². The molecule has 1 fully saturated rings. The van der Waals surface area contributed by atoms with Crippen molar-refractivity contribution >= 4 is 6.09 Å². The van der Waals surface area contributed by atoms with Crippen LogP contribution in [0.5, 0.6) is 0 Å². The number of carbonyl (C=O) groups is 1. The molecule has 0 aromatic heterocycles. The summed E-state index contributed by atoms with van der Waals surface area (Å²) in [6, 6.07) is 0. The molecule has 1 aliphatic heterocycles. The Bertz CT molecular complexity index is 162. The Morgan fingerprint density at radius 2 is 2.23 bits per heavy atom. The van der Waals surface area contributed by atoms with Crippen molar-refractivity contribution in [3.8, 4) is 0 Å². The quantitative estimate of drug-likeness (QED) is 0.673. The van der Waals surface area contributed by atoms with E-state index in [2.05, 4.69) is 0 Å². The predicted molar refractivity (Wildman–Crippen MR) is 48.4 cm³/mol. The molecule has 1 atom stereocenters. The van der Waals surface area contributed by atoms with Crippen molar-refractivity contribution in [1.29, 1.82) is 0 Å². The van der Waals surface area contributed by atoms with E-state index in [-0.39, 0.29) is 12.4 Å². The first kappa shape index (κ1) is 10.3. The summed E-state index contributed by atoms with van der Waals surface area (Å²) in [5.41, 5.74) is 0. The summed E-state index contributed by atoms with van der Waals surface area (Å²) in [5.74, 6) is 0. The van der Waals surface area contributed by atoms with Crippen molar-refractivity contribution in [1.82, 2.24) is 4.90 Å². The molecule has 0 bridgehead atoms. The maximum absolute atomic E-state index is 11.4. The Morgan fingerprint density at radius 1 is 1.54 bits per heavy atom. The van der Waals surface area contributed by atoms with Gasteiger partial charge in [-0.1, -0.05) is 0 Å². The number of rotatable bonds is 3. The zero-order chi connectivity index (χ0) is 9.68. The first-order valence-electron chi connectivity index (χ1n) is 4.85. The normalized spacial score (nSPS) is 21.5. The Morgan fingerprint density at radius 3 is 2.69 bits per heavy atom. The van der Waals surface area contributed by atoms with Crippen LogP contribution in [-0.4, -0.2) is 37.0 Å². The molecule has 0 radical (unpaired) electrons. The van der Waals surface area contributed by atoms with E-state index in [1.54, 1.807) is 4.90 Å². The lowest BCUT2D eigenvalue weighted by molar-refractivity contribution is -0.0775. The van der Waals surface area contributed by atoms with E-state index in [9.17, 15) is 4.79 Å². The fourth-order valence-corrected chi connectivity index (χ4v) is 1.31. The van der Waals surface area contributed by atoms with Gasteiger partial charge in [0.05, 0.1) is 6.61 Å². The standard InChI is InChI=1S/C9H17NO3/c1-3-10(4-2)9(11)13-8-6-5-7-12-8/h8H,3-7H2,1-2H3. The van der Waals surface area contributed by atoms with Gasteiger partial charge in [-0.25, -0.2) is 4.79 Å². The molecule has 1 unspecified atom stereocenters. The molecular formula is C9H17NO3. The number of amides is 1. The van der Waals surface area contributed by atoms with Crippen LogP contribution in [0.4, 0.5) is 4.79 Å². The lowest BCUT2D eigenvalue weighted by atomic mass is 10.4. The molecule has 0 aliphatic carbocycles. The van der Waals surface area contributed by atoms with Gasteiger partial charge in [0.1, 0.15) is 0 Å². The molecule has 0 N–H and O–H groups in total. The van der Waals surface area contributed by atoms with Crippen LogP contribution < -0.4 is 0 Å². The smallest absolute Gasteiger partial charge is 0.412 e. The molecule has 13 heavy (non-hydrogen) atoms. The number of hydrogen-bond acceptors (Lipinski definition) is 3. The van der Waals surface area contributed by atoms with Crippen molar-refractivity contribution in [2.75, 3.05) is 19.7 Å². The van der Waals surface area contributed by atoms with Gasteiger partial charge in [-0.15, -0.1) is 0 Å². The van der Waals surface area contributed by atoms with Crippen molar-refractivity contribution < 1.29 is 14.3 Å². The monoisotopic (exact) mass is 187 g/mol. The first-order chi connectivity index (χ1) is 6.27. The highest BCUT2D eigenvalue weighted by molar-refractivity contribution is 5.67. The van der Waals surface area contributed by atoms with Crippen molar-refractivity contribution in [2.45, 2.75) is 33.0 Å². The van der Waals surface area contributed by atoms with Gasteiger partial charge < -0.3 is 14.4 Å². The summed E-state index contributed by atoms with van der Waals surface area (Å²) in [6.45, 7) is 5.93. The van der Waals surface area contributed by atoms with Crippen LogP contribution in [0.3, 0.4) is 0 Å². The van der Waals surface area contributed by atoms with Crippen LogP contribution in [0.15, 0.2) is 0 Å². The van der Waals surface area contributed by atoms with Gasteiger partial charge in [0, 0.05) is 19.5 Å². The minimum absolute atomic E-state index is 0.267. The Kier molecular flexibility index (Phi) is 4.02. The van der Waals surface area contributed by atoms with E-state index in [1.807, 2.05) is 13.8 Å². The summed E-state index contributed by atoms with van der Waals surface area (Å²) in [6.07, 6.45) is 1.23. The molecule has 0 aromatic carbocycles. The molecule has 1 heterocycles. The maximum Gasteiger partial charge on any atom is 0.412 e. The highest BCUT2D eigenvalue weighted by Crippen LogP contribution is 2.14. The van der Waals surface area contributed by atoms with Gasteiger partial charge >= 0.3 is 6.09 Å². The molecule has 0 spiro atoms. The molecule has 4 heteroatoms. The number of carbonyl (C=O) groups excluding carboxylic acids is 1. The molecule has 1 rings (SSSR count). The van der Waals surface area contributed by atoms with Crippen molar-refractivity contribution in [3.63, 3.8) is 0 Å². The van der Waals surface area contributed by atoms with Crippen LogP contribution in [0.2, 0.25) is 0 Å². The zero-order valence-corrected chi connectivity index (χ0v) is 8.28. The van der Waals surface area contributed by atoms with Crippen molar-refractivity contribution in [3.05, 3.63) is 0 Å².